The summed E-state index contributed by atoms with van der Waals surface area (Å²) in [5.41, 5.74) is 0. The largest absolute Gasteiger partial charge is 0.481 e. The topological polar surface area (TPSA) is 78.9 Å². The number of likely N-dealkylation sites (tertiary alicyclic amines) is 1. The Labute approximate surface area is 124 Å². The first-order valence-electron chi connectivity index (χ1n) is 8.05. The van der Waals surface area contributed by atoms with Gasteiger partial charge >= 0.3 is 12.0 Å². The molecule has 2 heterocycles. The smallest absolute Gasteiger partial charge is 0.317 e. The van der Waals surface area contributed by atoms with Gasteiger partial charge in [0.2, 0.25) is 0 Å². The summed E-state index contributed by atoms with van der Waals surface area (Å²) in [6, 6.07) is -0.183. The molecule has 2 amide bonds. The zero-order valence-electron chi connectivity index (χ0n) is 12.3. The molecule has 2 aliphatic heterocycles. The molecule has 2 N–H and O–H groups in total. The van der Waals surface area contributed by atoms with Crippen LogP contribution >= 0.6 is 0 Å². The van der Waals surface area contributed by atoms with E-state index in [0.29, 0.717) is 19.1 Å². The number of aliphatic carboxylic acids is 1. The second-order valence-electron chi connectivity index (χ2n) is 6.46. The van der Waals surface area contributed by atoms with Crippen LogP contribution in [-0.4, -0.2) is 53.3 Å². The quantitative estimate of drug-likeness (QED) is 0.826. The number of rotatable bonds is 4. The van der Waals surface area contributed by atoms with Gasteiger partial charge in [0, 0.05) is 19.2 Å². The number of carboxylic acids is 1. The molecule has 0 radical (unpaired) electrons. The summed E-state index contributed by atoms with van der Waals surface area (Å²) in [5.74, 6) is -0.228. The third-order valence-electron chi connectivity index (χ3n) is 4.83. The lowest BCUT2D eigenvalue weighted by atomic mass is 9.99. The molecule has 3 aliphatic rings. The Bertz CT molecular complexity index is 410. The van der Waals surface area contributed by atoms with Gasteiger partial charge in [-0.2, -0.15) is 0 Å². The van der Waals surface area contributed by atoms with Crippen LogP contribution in [0.3, 0.4) is 0 Å². The summed E-state index contributed by atoms with van der Waals surface area (Å²) < 4.78 is 5.74. The van der Waals surface area contributed by atoms with E-state index < -0.39 is 5.97 Å². The summed E-state index contributed by atoms with van der Waals surface area (Å²) in [5, 5.41) is 12.1. The lowest BCUT2D eigenvalue weighted by Gasteiger charge is -2.36. The molecule has 2 saturated heterocycles. The van der Waals surface area contributed by atoms with Crippen molar-refractivity contribution in [3.05, 3.63) is 0 Å². The Morgan fingerprint density at radius 3 is 2.71 bits per heavy atom. The second-order valence-corrected chi connectivity index (χ2v) is 6.46. The van der Waals surface area contributed by atoms with E-state index in [-0.39, 0.29) is 30.6 Å². The van der Waals surface area contributed by atoms with Crippen LogP contribution < -0.4 is 5.32 Å². The Kier molecular flexibility index (Phi) is 4.33. The minimum absolute atomic E-state index is 0.0423. The van der Waals surface area contributed by atoms with Crippen molar-refractivity contribution in [1.29, 1.82) is 0 Å². The molecular weight excluding hydrogens is 272 g/mol. The van der Waals surface area contributed by atoms with Gasteiger partial charge < -0.3 is 20.1 Å². The van der Waals surface area contributed by atoms with E-state index >= 15 is 0 Å². The van der Waals surface area contributed by atoms with Crippen LogP contribution in [-0.2, 0) is 9.53 Å². The molecule has 118 valence electrons. The van der Waals surface area contributed by atoms with Gasteiger partial charge in [0.15, 0.2) is 0 Å². The van der Waals surface area contributed by atoms with E-state index in [2.05, 4.69) is 5.32 Å². The molecule has 6 nitrogen and oxygen atoms in total. The Balaban J connectivity index is 1.58. The predicted molar refractivity (Wildman–Crippen MR) is 76.0 cm³/mol. The van der Waals surface area contributed by atoms with Gasteiger partial charge in [0.05, 0.1) is 18.6 Å². The zero-order chi connectivity index (χ0) is 14.8. The molecule has 3 unspecified atom stereocenters. The molecule has 3 fully saturated rings. The molecular formula is C15H24N2O4. The molecule has 0 aromatic rings. The maximum absolute atomic E-state index is 12.5. The third-order valence-corrected chi connectivity index (χ3v) is 4.83. The van der Waals surface area contributed by atoms with Gasteiger partial charge in [-0.15, -0.1) is 0 Å². The number of ether oxygens (including phenoxy) is 1. The van der Waals surface area contributed by atoms with Crippen molar-refractivity contribution < 1.29 is 19.4 Å². The van der Waals surface area contributed by atoms with Gasteiger partial charge in [-0.1, -0.05) is 0 Å². The van der Waals surface area contributed by atoms with Crippen molar-refractivity contribution in [2.24, 2.45) is 5.92 Å². The Morgan fingerprint density at radius 1 is 1.19 bits per heavy atom. The highest BCUT2D eigenvalue weighted by molar-refractivity contribution is 5.76. The van der Waals surface area contributed by atoms with Crippen molar-refractivity contribution in [2.75, 3.05) is 13.2 Å². The van der Waals surface area contributed by atoms with Crippen LogP contribution in [0.5, 0.6) is 0 Å². The Morgan fingerprint density at radius 2 is 2.00 bits per heavy atom. The van der Waals surface area contributed by atoms with Crippen molar-refractivity contribution in [2.45, 2.75) is 63.1 Å². The summed E-state index contributed by atoms with van der Waals surface area (Å²) in [4.78, 5) is 25.2. The van der Waals surface area contributed by atoms with E-state index in [0.717, 1.165) is 25.7 Å². The number of nitrogens with zero attached hydrogens (tertiary/aromatic N) is 1. The number of nitrogens with one attached hydrogen (secondary N) is 1. The van der Waals surface area contributed by atoms with Crippen LogP contribution in [0.15, 0.2) is 0 Å². The van der Waals surface area contributed by atoms with Crippen molar-refractivity contribution >= 4 is 12.0 Å². The average Bonchev–Trinajstić information content (AvgIpc) is 3.19. The number of amides is 2. The molecule has 6 heteroatoms. The van der Waals surface area contributed by atoms with Gasteiger partial charge in [0.25, 0.3) is 0 Å². The van der Waals surface area contributed by atoms with E-state index in [1.165, 1.54) is 12.8 Å². The SMILES string of the molecule is O=C(O)CC1CCCCN1C(=O)NC1CCOC1C1CC1. The second kappa shape index (κ2) is 6.22. The predicted octanol–water partition coefficient (Wildman–Crippen LogP) is 1.59. The van der Waals surface area contributed by atoms with Crippen molar-refractivity contribution in [1.82, 2.24) is 10.2 Å². The van der Waals surface area contributed by atoms with Gasteiger partial charge in [-0.25, -0.2) is 4.79 Å². The molecule has 1 saturated carbocycles. The first-order chi connectivity index (χ1) is 10.1. The van der Waals surface area contributed by atoms with Crippen LogP contribution in [0.25, 0.3) is 0 Å². The van der Waals surface area contributed by atoms with Gasteiger partial charge in [0.1, 0.15) is 0 Å². The standard InChI is InChI=1S/C15H24N2O4/c18-13(19)9-11-3-1-2-7-17(11)15(20)16-12-6-8-21-14(12)10-4-5-10/h10-12,14H,1-9H2,(H,16,20)(H,18,19). The lowest BCUT2D eigenvalue weighted by molar-refractivity contribution is -0.138. The molecule has 21 heavy (non-hydrogen) atoms. The highest BCUT2D eigenvalue weighted by Gasteiger charge is 2.42. The summed E-state index contributed by atoms with van der Waals surface area (Å²) in [7, 11) is 0. The normalized spacial score (nSPS) is 33.0. The first-order valence-corrected chi connectivity index (χ1v) is 8.05. The number of urea groups is 1. The maximum Gasteiger partial charge on any atom is 0.317 e. The average molecular weight is 296 g/mol. The molecule has 3 rings (SSSR count). The van der Waals surface area contributed by atoms with Crippen LogP contribution in [0, 0.1) is 5.92 Å². The number of carbonyl (C=O) groups is 2. The Hall–Kier alpha value is -1.30. The monoisotopic (exact) mass is 296 g/mol. The van der Waals surface area contributed by atoms with E-state index in [1.807, 2.05) is 0 Å². The molecule has 0 aromatic heterocycles. The minimum Gasteiger partial charge on any atom is -0.481 e. The van der Waals surface area contributed by atoms with E-state index in [1.54, 1.807) is 4.90 Å². The number of carboxylic acid groups (broad SMARTS) is 1. The summed E-state index contributed by atoms with van der Waals surface area (Å²) in [6.07, 6.45) is 6.20. The fourth-order valence-corrected chi connectivity index (χ4v) is 3.58. The molecule has 0 bridgehead atoms. The fraction of sp³-hybridized carbons (Fsp3) is 0.867. The number of hydrogen-bond donors (Lipinski definition) is 2. The van der Waals surface area contributed by atoms with Crippen molar-refractivity contribution in [3.8, 4) is 0 Å². The van der Waals surface area contributed by atoms with Gasteiger partial charge in [-0.05, 0) is 44.4 Å². The maximum atomic E-state index is 12.5. The minimum atomic E-state index is -0.834. The van der Waals surface area contributed by atoms with Crippen LogP contribution in [0.2, 0.25) is 0 Å². The number of hydrogen-bond acceptors (Lipinski definition) is 3. The molecule has 0 spiro atoms. The van der Waals surface area contributed by atoms with E-state index in [9.17, 15) is 9.59 Å². The highest BCUT2D eigenvalue weighted by atomic mass is 16.5. The van der Waals surface area contributed by atoms with Crippen LogP contribution in [0.1, 0.15) is 44.9 Å². The lowest BCUT2D eigenvalue weighted by Crippen LogP contribution is -2.53. The van der Waals surface area contributed by atoms with Crippen LogP contribution in [0.4, 0.5) is 4.79 Å². The number of carbonyl (C=O) groups excluding carboxylic acids is 1. The highest BCUT2D eigenvalue weighted by Crippen LogP contribution is 2.38. The zero-order valence-corrected chi connectivity index (χ0v) is 12.3. The van der Waals surface area contributed by atoms with E-state index in [4.69, 9.17) is 9.84 Å². The molecule has 3 atom stereocenters. The summed E-state index contributed by atoms with van der Waals surface area (Å²) >= 11 is 0. The van der Waals surface area contributed by atoms with Gasteiger partial charge in [-0.3, -0.25) is 4.79 Å². The third kappa shape index (κ3) is 3.48. The number of piperidine rings is 1. The summed E-state index contributed by atoms with van der Waals surface area (Å²) in [6.45, 7) is 1.37. The molecule has 0 aromatic carbocycles. The first kappa shape index (κ1) is 14.6. The fourth-order valence-electron chi connectivity index (χ4n) is 3.58. The molecule has 1 aliphatic carbocycles. The van der Waals surface area contributed by atoms with Crippen molar-refractivity contribution in [3.63, 3.8) is 0 Å².